The number of hydrogen-bond acceptors (Lipinski definition) is 6. The van der Waals surface area contributed by atoms with Crippen LogP contribution in [0.1, 0.15) is 23.2 Å². The van der Waals surface area contributed by atoms with E-state index in [0.717, 1.165) is 6.42 Å². The van der Waals surface area contributed by atoms with Crippen LogP contribution in [0.15, 0.2) is 41.3 Å². The summed E-state index contributed by atoms with van der Waals surface area (Å²) in [6, 6.07) is 8.85. The largest absolute Gasteiger partial charge is 0.495 e. The lowest BCUT2D eigenvalue weighted by Crippen LogP contribution is -2.26. The predicted octanol–water partition coefficient (Wildman–Crippen LogP) is 2.91. The van der Waals surface area contributed by atoms with E-state index in [1.54, 1.807) is 23.1 Å². The van der Waals surface area contributed by atoms with Gasteiger partial charge in [0.2, 0.25) is 5.91 Å². The van der Waals surface area contributed by atoms with Gasteiger partial charge in [-0.15, -0.1) is 0 Å². The number of methoxy groups -OCH3 is 1. The van der Waals surface area contributed by atoms with Crippen LogP contribution in [0, 0.1) is 0 Å². The first-order valence-corrected chi connectivity index (χ1v) is 11.1. The maximum absolute atomic E-state index is 12.8. The highest BCUT2D eigenvalue weighted by Gasteiger charge is 2.26. The molecule has 0 aliphatic carbocycles. The smallest absolute Gasteiger partial charge is 0.266 e. The first-order valence-electron chi connectivity index (χ1n) is 9.31. The highest BCUT2D eigenvalue weighted by Crippen LogP contribution is 2.34. The van der Waals surface area contributed by atoms with E-state index in [-0.39, 0.29) is 21.4 Å². The molecule has 2 aromatic carbocycles. The van der Waals surface area contributed by atoms with E-state index in [4.69, 9.17) is 21.2 Å². The Morgan fingerprint density at radius 2 is 1.94 bits per heavy atom. The van der Waals surface area contributed by atoms with Gasteiger partial charge in [0, 0.05) is 31.3 Å². The molecule has 0 atom stereocenters. The normalized spacial score (nSPS) is 14.2. The molecule has 1 aliphatic heterocycles. The molecule has 1 heterocycles. The van der Waals surface area contributed by atoms with E-state index >= 15 is 0 Å². The SMILES string of the molecule is COc1ccc(NC(=O)c2ccc(Cl)c(S(=O)(=O)N(C)OC)c2)cc1N1CCCC1=O. The zero-order valence-electron chi connectivity index (χ0n) is 17.2. The van der Waals surface area contributed by atoms with Crippen LogP contribution in [0.3, 0.4) is 0 Å². The predicted molar refractivity (Wildman–Crippen MR) is 116 cm³/mol. The van der Waals surface area contributed by atoms with Gasteiger partial charge in [0.15, 0.2) is 0 Å². The molecule has 11 heteroatoms. The highest BCUT2D eigenvalue weighted by molar-refractivity contribution is 7.89. The standard InChI is InChI=1S/C20H22ClN3O6S/c1-23(30-3)31(27,28)18-11-13(6-8-15(18)21)20(26)22-14-7-9-17(29-2)16(12-14)24-10-4-5-19(24)25/h6-9,11-12H,4-5,10H2,1-3H3,(H,22,26). The number of nitrogens with zero attached hydrogens (tertiary/aromatic N) is 2. The molecule has 1 saturated heterocycles. The van der Waals surface area contributed by atoms with Gasteiger partial charge in [0.1, 0.15) is 10.6 Å². The maximum atomic E-state index is 12.8. The van der Waals surface area contributed by atoms with Crippen molar-refractivity contribution >= 4 is 44.8 Å². The van der Waals surface area contributed by atoms with Crippen LogP contribution in [0.5, 0.6) is 5.75 Å². The summed E-state index contributed by atoms with van der Waals surface area (Å²) in [4.78, 5) is 31.0. The Hall–Kier alpha value is -2.66. The average Bonchev–Trinajstić information content (AvgIpc) is 3.18. The van der Waals surface area contributed by atoms with Crippen molar-refractivity contribution < 1.29 is 27.6 Å². The molecule has 2 amide bonds. The van der Waals surface area contributed by atoms with Gasteiger partial charge in [-0.05, 0) is 42.8 Å². The monoisotopic (exact) mass is 467 g/mol. The number of hydroxylamine groups is 1. The molecule has 1 aliphatic rings. The van der Waals surface area contributed by atoms with Crippen LogP contribution < -0.4 is 15.0 Å². The molecule has 3 rings (SSSR count). The van der Waals surface area contributed by atoms with Gasteiger partial charge in [0.05, 0.1) is 24.9 Å². The number of rotatable bonds is 7. The summed E-state index contributed by atoms with van der Waals surface area (Å²) >= 11 is 6.04. The Bertz CT molecular complexity index is 1120. The molecule has 0 unspecified atom stereocenters. The third-order valence-electron chi connectivity index (χ3n) is 4.87. The summed E-state index contributed by atoms with van der Waals surface area (Å²) in [5, 5.41) is 2.67. The zero-order chi connectivity index (χ0) is 22.8. The first-order chi connectivity index (χ1) is 14.7. The number of carbonyl (C=O) groups is 2. The zero-order valence-corrected chi connectivity index (χ0v) is 18.8. The number of sulfonamides is 1. The third kappa shape index (κ3) is 4.67. The minimum absolute atomic E-state index is 0.0170. The van der Waals surface area contributed by atoms with E-state index in [9.17, 15) is 18.0 Å². The van der Waals surface area contributed by atoms with E-state index < -0.39 is 15.9 Å². The van der Waals surface area contributed by atoms with Gasteiger partial charge >= 0.3 is 0 Å². The van der Waals surface area contributed by atoms with Crippen LogP contribution in [0.4, 0.5) is 11.4 Å². The van der Waals surface area contributed by atoms with E-state index in [1.165, 1.54) is 39.5 Å². The van der Waals surface area contributed by atoms with Gasteiger partial charge in [-0.25, -0.2) is 8.42 Å². The van der Waals surface area contributed by atoms with E-state index in [0.29, 0.717) is 34.6 Å². The molecule has 0 saturated carbocycles. The molecule has 9 nitrogen and oxygen atoms in total. The molecular formula is C20H22ClN3O6S. The molecule has 1 N–H and O–H groups in total. The van der Waals surface area contributed by atoms with Crippen LogP contribution in [-0.4, -0.2) is 52.5 Å². The van der Waals surface area contributed by atoms with Crippen molar-refractivity contribution in [2.75, 3.05) is 38.0 Å². The molecule has 166 valence electrons. The number of ether oxygens (including phenoxy) is 1. The van der Waals surface area contributed by atoms with Crippen molar-refractivity contribution in [3.8, 4) is 5.75 Å². The van der Waals surface area contributed by atoms with Crippen molar-refractivity contribution in [1.29, 1.82) is 0 Å². The number of anilines is 2. The minimum Gasteiger partial charge on any atom is -0.495 e. The van der Waals surface area contributed by atoms with Crippen molar-refractivity contribution in [2.45, 2.75) is 17.7 Å². The first kappa shape index (κ1) is 23.0. The maximum Gasteiger partial charge on any atom is 0.266 e. The average molecular weight is 468 g/mol. The summed E-state index contributed by atoms with van der Waals surface area (Å²) in [5.41, 5.74) is 1.07. The van der Waals surface area contributed by atoms with Crippen LogP contribution in [0.25, 0.3) is 0 Å². The number of benzene rings is 2. The fraction of sp³-hybridized carbons (Fsp3) is 0.300. The summed E-state index contributed by atoms with van der Waals surface area (Å²) in [7, 11) is -0.117. The molecule has 1 fully saturated rings. The Morgan fingerprint density at radius 3 is 2.55 bits per heavy atom. The second-order valence-corrected chi connectivity index (χ2v) is 9.04. The summed E-state index contributed by atoms with van der Waals surface area (Å²) < 4.78 is 31.1. The summed E-state index contributed by atoms with van der Waals surface area (Å²) in [5.74, 6) is -0.0515. The molecule has 2 aromatic rings. The number of halogens is 1. The quantitative estimate of drug-likeness (QED) is 0.628. The van der Waals surface area contributed by atoms with Gasteiger partial charge in [-0.3, -0.25) is 14.4 Å². The number of nitrogens with one attached hydrogen (secondary N) is 1. The van der Waals surface area contributed by atoms with E-state index in [1.807, 2.05) is 0 Å². The van der Waals surface area contributed by atoms with Crippen molar-refractivity contribution in [1.82, 2.24) is 4.47 Å². The lowest BCUT2D eigenvalue weighted by molar-refractivity contribution is -0.117. The van der Waals surface area contributed by atoms with Gasteiger partial charge in [-0.2, -0.15) is 0 Å². The lowest BCUT2D eigenvalue weighted by Gasteiger charge is -2.20. The van der Waals surface area contributed by atoms with Crippen LogP contribution in [-0.2, 0) is 19.7 Å². The Morgan fingerprint density at radius 1 is 1.19 bits per heavy atom. The highest BCUT2D eigenvalue weighted by atomic mass is 35.5. The molecule has 0 spiro atoms. The van der Waals surface area contributed by atoms with Crippen LogP contribution in [0.2, 0.25) is 5.02 Å². The Kier molecular flexibility index (Phi) is 6.85. The molecular weight excluding hydrogens is 446 g/mol. The Balaban J connectivity index is 1.90. The second kappa shape index (κ2) is 9.23. The summed E-state index contributed by atoms with van der Waals surface area (Å²) in [6.45, 7) is 0.567. The lowest BCUT2D eigenvalue weighted by atomic mass is 10.2. The number of amides is 2. The fourth-order valence-corrected chi connectivity index (χ4v) is 4.64. The topological polar surface area (TPSA) is 105 Å². The molecule has 0 bridgehead atoms. The van der Waals surface area contributed by atoms with Gasteiger partial charge in [-0.1, -0.05) is 16.1 Å². The van der Waals surface area contributed by atoms with Crippen molar-refractivity contribution in [2.24, 2.45) is 0 Å². The molecule has 31 heavy (non-hydrogen) atoms. The molecule has 0 radical (unpaired) electrons. The van der Waals surface area contributed by atoms with Crippen molar-refractivity contribution in [3.05, 3.63) is 47.0 Å². The molecule has 0 aromatic heterocycles. The fourth-order valence-electron chi connectivity index (χ4n) is 3.16. The second-order valence-electron chi connectivity index (χ2n) is 6.73. The van der Waals surface area contributed by atoms with Gasteiger partial charge < -0.3 is 15.0 Å². The van der Waals surface area contributed by atoms with Crippen molar-refractivity contribution in [3.63, 3.8) is 0 Å². The third-order valence-corrected chi connectivity index (χ3v) is 7.03. The minimum atomic E-state index is -4.04. The van der Waals surface area contributed by atoms with Crippen LogP contribution >= 0.6 is 11.6 Å². The number of hydrogen-bond donors (Lipinski definition) is 1. The van der Waals surface area contributed by atoms with Gasteiger partial charge in [0.25, 0.3) is 15.9 Å². The summed E-state index contributed by atoms with van der Waals surface area (Å²) in [6.07, 6.45) is 1.20. The number of carbonyl (C=O) groups excluding carboxylic acids is 2. The Labute approximate surface area is 185 Å². The van der Waals surface area contributed by atoms with E-state index in [2.05, 4.69) is 5.32 Å².